The summed E-state index contributed by atoms with van der Waals surface area (Å²) in [4.78, 5) is 0. The van der Waals surface area contributed by atoms with Crippen molar-refractivity contribution in [2.24, 2.45) is 0 Å². The first-order valence-corrected chi connectivity index (χ1v) is 3.66. The second-order valence-corrected chi connectivity index (χ2v) is 2.63. The Bertz CT molecular complexity index is 462. The molecule has 0 aliphatic rings. The van der Waals surface area contributed by atoms with Crippen LogP contribution in [-0.4, -0.2) is 9.61 Å². The maximum absolute atomic E-state index is 8.72. The quantitative estimate of drug-likeness (QED) is 0.581. The van der Waals surface area contributed by atoms with E-state index in [1.54, 1.807) is 10.7 Å². The van der Waals surface area contributed by atoms with Crippen LogP contribution in [0.2, 0.25) is 0 Å². The molecule has 0 amide bonds. The summed E-state index contributed by atoms with van der Waals surface area (Å²) in [5, 5.41) is 12.8. The summed E-state index contributed by atoms with van der Waals surface area (Å²) >= 11 is 0. The summed E-state index contributed by atoms with van der Waals surface area (Å²) < 4.78 is 1.76. The predicted molar refractivity (Wildman–Crippen MR) is 44.6 cm³/mol. The van der Waals surface area contributed by atoms with Gasteiger partial charge in [0.2, 0.25) is 0 Å². The molecule has 3 heteroatoms. The van der Waals surface area contributed by atoms with Crippen molar-refractivity contribution in [3.8, 4) is 6.07 Å². The molecule has 0 spiro atoms. The van der Waals surface area contributed by atoms with Crippen molar-refractivity contribution >= 4 is 5.52 Å². The highest BCUT2D eigenvalue weighted by atomic mass is 15.2. The molecule has 0 N–H and O–H groups in total. The first-order valence-electron chi connectivity index (χ1n) is 3.66. The lowest BCUT2D eigenvalue weighted by molar-refractivity contribution is 0.929. The minimum Gasteiger partial charge on any atom is -0.241 e. The van der Waals surface area contributed by atoms with Crippen molar-refractivity contribution in [3.63, 3.8) is 0 Å². The molecule has 0 aliphatic carbocycles. The van der Waals surface area contributed by atoms with E-state index in [0.717, 1.165) is 11.1 Å². The van der Waals surface area contributed by atoms with Gasteiger partial charge in [-0.05, 0) is 24.6 Å². The average molecular weight is 157 g/mol. The van der Waals surface area contributed by atoms with E-state index in [1.807, 2.05) is 25.3 Å². The highest BCUT2D eigenvalue weighted by molar-refractivity contribution is 5.58. The average Bonchev–Trinajstić information content (AvgIpc) is 2.53. The van der Waals surface area contributed by atoms with Crippen LogP contribution in [0.5, 0.6) is 0 Å². The largest absolute Gasteiger partial charge is 0.241 e. The van der Waals surface area contributed by atoms with Crippen molar-refractivity contribution < 1.29 is 0 Å². The fourth-order valence-electron chi connectivity index (χ4n) is 1.24. The highest BCUT2D eigenvalue weighted by Crippen LogP contribution is 2.12. The zero-order valence-corrected chi connectivity index (χ0v) is 6.65. The molecular weight excluding hydrogens is 150 g/mol. The lowest BCUT2D eigenvalue weighted by atomic mass is 10.2. The third kappa shape index (κ3) is 0.785. The standard InChI is InChI=1S/C9H7N3/c1-7-8(5-10)6-11-12-4-2-3-9(7)12/h2-4,6H,1H3. The molecule has 2 aromatic rings. The zero-order valence-electron chi connectivity index (χ0n) is 6.65. The summed E-state index contributed by atoms with van der Waals surface area (Å²) in [6.07, 6.45) is 3.45. The first-order chi connectivity index (χ1) is 5.83. The summed E-state index contributed by atoms with van der Waals surface area (Å²) in [6.45, 7) is 1.93. The molecular formula is C9H7N3. The molecule has 0 saturated heterocycles. The second kappa shape index (κ2) is 2.35. The number of hydrogen-bond acceptors (Lipinski definition) is 2. The van der Waals surface area contributed by atoms with E-state index in [4.69, 9.17) is 5.26 Å². The van der Waals surface area contributed by atoms with Gasteiger partial charge in [-0.15, -0.1) is 0 Å². The minimum atomic E-state index is 0.640. The lowest BCUT2D eigenvalue weighted by Crippen LogP contribution is -1.94. The first kappa shape index (κ1) is 6.86. The fourth-order valence-corrected chi connectivity index (χ4v) is 1.24. The molecule has 12 heavy (non-hydrogen) atoms. The van der Waals surface area contributed by atoms with Crippen LogP contribution in [0.4, 0.5) is 0 Å². The van der Waals surface area contributed by atoms with Gasteiger partial charge in [-0.2, -0.15) is 10.4 Å². The van der Waals surface area contributed by atoms with Crippen LogP contribution >= 0.6 is 0 Å². The number of hydrogen-bond donors (Lipinski definition) is 0. The molecule has 0 atom stereocenters. The van der Waals surface area contributed by atoms with E-state index in [1.165, 1.54) is 0 Å². The predicted octanol–water partition coefficient (Wildman–Crippen LogP) is 1.51. The highest BCUT2D eigenvalue weighted by Gasteiger charge is 2.02. The van der Waals surface area contributed by atoms with Crippen LogP contribution in [0.3, 0.4) is 0 Å². The van der Waals surface area contributed by atoms with Crippen LogP contribution in [0.1, 0.15) is 11.1 Å². The van der Waals surface area contributed by atoms with Gasteiger partial charge in [0.05, 0.1) is 17.3 Å². The Kier molecular flexibility index (Phi) is 1.34. The van der Waals surface area contributed by atoms with Crippen molar-refractivity contribution in [1.29, 1.82) is 5.26 Å². The summed E-state index contributed by atoms with van der Waals surface area (Å²) in [5.74, 6) is 0. The Morgan fingerprint density at radius 1 is 1.58 bits per heavy atom. The fraction of sp³-hybridized carbons (Fsp3) is 0.111. The van der Waals surface area contributed by atoms with Gasteiger partial charge in [0, 0.05) is 6.20 Å². The van der Waals surface area contributed by atoms with Gasteiger partial charge in [-0.3, -0.25) is 0 Å². The van der Waals surface area contributed by atoms with Gasteiger partial charge in [0.25, 0.3) is 0 Å². The summed E-state index contributed by atoms with van der Waals surface area (Å²) in [5.41, 5.74) is 2.62. The Hall–Kier alpha value is -1.82. The van der Waals surface area contributed by atoms with Crippen LogP contribution in [0.25, 0.3) is 5.52 Å². The van der Waals surface area contributed by atoms with Gasteiger partial charge in [-0.25, -0.2) is 4.52 Å². The van der Waals surface area contributed by atoms with Gasteiger partial charge >= 0.3 is 0 Å². The Labute approximate surface area is 69.9 Å². The molecule has 0 aliphatic heterocycles. The second-order valence-electron chi connectivity index (χ2n) is 2.63. The number of aryl methyl sites for hydroxylation is 1. The lowest BCUT2D eigenvalue weighted by Gasteiger charge is -1.98. The Balaban J connectivity index is 2.89. The van der Waals surface area contributed by atoms with Gasteiger partial charge in [0.1, 0.15) is 6.07 Å². The monoisotopic (exact) mass is 157 g/mol. The van der Waals surface area contributed by atoms with Crippen LogP contribution in [-0.2, 0) is 0 Å². The van der Waals surface area contributed by atoms with Crippen molar-refractivity contribution in [2.45, 2.75) is 6.92 Å². The smallest absolute Gasteiger partial charge is 0.101 e. The molecule has 0 saturated carbocycles. The molecule has 0 unspecified atom stereocenters. The summed E-state index contributed by atoms with van der Waals surface area (Å²) in [6, 6.07) is 5.96. The number of fused-ring (bicyclic) bond motifs is 1. The van der Waals surface area contributed by atoms with E-state index in [9.17, 15) is 0 Å². The van der Waals surface area contributed by atoms with E-state index >= 15 is 0 Å². The maximum atomic E-state index is 8.72. The topological polar surface area (TPSA) is 41.1 Å². The van der Waals surface area contributed by atoms with E-state index in [2.05, 4.69) is 11.2 Å². The van der Waals surface area contributed by atoms with Crippen molar-refractivity contribution in [3.05, 3.63) is 35.7 Å². The molecule has 2 aromatic heterocycles. The number of nitrogens with zero attached hydrogens (tertiary/aromatic N) is 3. The van der Waals surface area contributed by atoms with E-state index in [-0.39, 0.29) is 0 Å². The Morgan fingerprint density at radius 2 is 2.42 bits per heavy atom. The molecule has 3 nitrogen and oxygen atoms in total. The molecule has 0 fully saturated rings. The number of aromatic nitrogens is 2. The molecule has 0 radical (unpaired) electrons. The molecule has 58 valence electrons. The third-order valence-electron chi connectivity index (χ3n) is 1.95. The summed E-state index contributed by atoms with van der Waals surface area (Å²) in [7, 11) is 0. The molecule has 0 bridgehead atoms. The molecule has 2 heterocycles. The Morgan fingerprint density at radius 3 is 3.17 bits per heavy atom. The van der Waals surface area contributed by atoms with E-state index < -0.39 is 0 Å². The maximum Gasteiger partial charge on any atom is 0.101 e. The van der Waals surface area contributed by atoms with Gasteiger partial charge in [0.15, 0.2) is 0 Å². The van der Waals surface area contributed by atoms with E-state index in [0.29, 0.717) is 5.56 Å². The SMILES string of the molecule is Cc1c(C#N)cnn2cccc12. The van der Waals surface area contributed by atoms with Crippen LogP contribution in [0, 0.1) is 18.3 Å². The van der Waals surface area contributed by atoms with Gasteiger partial charge < -0.3 is 0 Å². The van der Waals surface area contributed by atoms with Crippen LogP contribution < -0.4 is 0 Å². The van der Waals surface area contributed by atoms with Crippen LogP contribution in [0.15, 0.2) is 24.5 Å². The number of nitriles is 1. The zero-order chi connectivity index (χ0) is 8.55. The third-order valence-corrected chi connectivity index (χ3v) is 1.95. The van der Waals surface area contributed by atoms with Crippen molar-refractivity contribution in [2.75, 3.05) is 0 Å². The molecule has 0 aromatic carbocycles. The minimum absolute atomic E-state index is 0.640. The van der Waals surface area contributed by atoms with Gasteiger partial charge in [-0.1, -0.05) is 0 Å². The van der Waals surface area contributed by atoms with Crippen molar-refractivity contribution in [1.82, 2.24) is 9.61 Å². The number of rotatable bonds is 0. The normalized spacial score (nSPS) is 10.0. The molecule has 2 rings (SSSR count).